The maximum absolute atomic E-state index is 11.8. The van der Waals surface area contributed by atoms with Gasteiger partial charge in [-0.3, -0.25) is 0 Å². The molecule has 3 aliphatic carbocycles. The van der Waals surface area contributed by atoms with Crippen molar-refractivity contribution in [2.75, 3.05) is 0 Å². The summed E-state index contributed by atoms with van der Waals surface area (Å²) in [5.74, 6) is 2.45. The van der Waals surface area contributed by atoms with E-state index < -0.39 is 5.60 Å². The van der Waals surface area contributed by atoms with E-state index in [4.69, 9.17) is 11.6 Å². The number of hydrogen-bond donors (Lipinski definition) is 1. The molecule has 0 aliphatic heterocycles. The molecule has 3 fully saturated rings. The lowest BCUT2D eigenvalue weighted by Crippen LogP contribution is -2.39. The van der Waals surface area contributed by atoms with Gasteiger partial charge in [0.2, 0.25) is 0 Å². The number of rotatable bonds is 1. The van der Waals surface area contributed by atoms with Gasteiger partial charge in [-0.1, -0.05) is 49.4 Å². The summed E-state index contributed by atoms with van der Waals surface area (Å²) >= 11 is 6.06. The van der Waals surface area contributed by atoms with Crippen LogP contribution in [0.2, 0.25) is 5.02 Å². The van der Waals surface area contributed by atoms with Gasteiger partial charge < -0.3 is 5.11 Å². The van der Waals surface area contributed by atoms with Crippen molar-refractivity contribution in [1.82, 2.24) is 0 Å². The minimum absolute atomic E-state index is 0.473. The van der Waals surface area contributed by atoms with Gasteiger partial charge in [0.15, 0.2) is 0 Å². The number of fused-ring (bicyclic) bond motifs is 3. The molecule has 0 bridgehead atoms. The highest BCUT2D eigenvalue weighted by molar-refractivity contribution is 6.30. The molecule has 4 rings (SSSR count). The molecule has 0 radical (unpaired) electrons. The molecule has 21 heavy (non-hydrogen) atoms. The summed E-state index contributed by atoms with van der Waals surface area (Å²) in [5.41, 5.74) is 0.527. The van der Waals surface area contributed by atoms with Gasteiger partial charge in [-0.25, -0.2) is 0 Å². The summed E-state index contributed by atoms with van der Waals surface area (Å²) in [7, 11) is 0. The van der Waals surface area contributed by atoms with Crippen LogP contribution >= 0.6 is 11.6 Å². The number of halogens is 1. The molecule has 1 aromatic rings. The van der Waals surface area contributed by atoms with Crippen LogP contribution in [0.15, 0.2) is 24.3 Å². The summed E-state index contributed by atoms with van der Waals surface area (Å²) in [6, 6.07) is 8.04. The van der Waals surface area contributed by atoms with Crippen LogP contribution < -0.4 is 0 Å². The predicted octanol–water partition coefficient (Wildman–Crippen LogP) is 5.15. The minimum Gasteiger partial charge on any atom is -0.385 e. The highest BCUT2D eigenvalue weighted by Crippen LogP contribution is 2.62. The van der Waals surface area contributed by atoms with Crippen LogP contribution in [0.4, 0.5) is 0 Å². The molecule has 1 unspecified atom stereocenters. The second kappa shape index (κ2) is 5.28. The van der Waals surface area contributed by atoms with Crippen molar-refractivity contribution >= 4 is 11.6 Å². The van der Waals surface area contributed by atoms with Gasteiger partial charge in [-0.2, -0.15) is 0 Å². The van der Waals surface area contributed by atoms with E-state index in [2.05, 4.69) is 12.1 Å². The van der Waals surface area contributed by atoms with Gasteiger partial charge in [0, 0.05) is 5.02 Å². The van der Waals surface area contributed by atoms with Crippen LogP contribution in [-0.2, 0) is 5.60 Å². The van der Waals surface area contributed by atoms with E-state index in [1.54, 1.807) is 0 Å². The van der Waals surface area contributed by atoms with Gasteiger partial charge in [-0.05, 0) is 67.1 Å². The van der Waals surface area contributed by atoms with Gasteiger partial charge in [0.25, 0.3) is 0 Å². The fraction of sp³-hybridized carbons (Fsp3) is 0.684. The lowest BCUT2D eigenvalue weighted by Gasteiger charge is -2.39. The quantitative estimate of drug-likeness (QED) is 0.760. The third-order valence-corrected chi connectivity index (χ3v) is 6.88. The Morgan fingerprint density at radius 2 is 1.29 bits per heavy atom. The fourth-order valence-corrected chi connectivity index (χ4v) is 5.98. The molecule has 1 nitrogen and oxygen atoms in total. The van der Waals surface area contributed by atoms with Crippen LogP contribution in [0.5, 0.6) is 0 Å². The van der Waals surface area contributed by atoms with Crippen molar-refractivity contribution in [3.8, 4) is 0 Å². The Kier molecular flexibility index (Phi) is 3.54. The molecule has 0 amide bonds. The molecular formula is C19H25ClO. The van der Waals surface area contributed by atoms with Crippen molar-refractivity contribution in [2.45, 2.75) is 57.0 Å². The van der Waals surface area contributed by atoms with Gasteiger partial charge >= 0.3 is 0 Å². The van der Waals surface area contributed by atoms with E-state index in [0.29, 0.717) is 11.8 Å². The first kappa shape index (κ1) is 14.1. The van der Waals surface area contributed by atoms with E-state index in [9.17, 15) is 5.11 Å². The van der Waals surface area contributed by atoms with Crippen LogP contribution in [-0.4, -0.2) is 5.11 Å². The van der Waals surface area contributed by atoms with Crippen LogP contribution in [0.3, 0.4) is 0 Å². The maximum atomic E-state index is 11.8. The maximum Gasteiger partial charge on any atom is 0.0958 e. The van der Waals surface area contributed by atoms with Crippen LogP contribution in [0.25, 0.3) is 0 Å². The molecule has 0 aromatic heterocycles. The molecule has 114 valence electrons. The Morgan fingerprint density at radius 1 is 0.810 bits per heavy atom. The number of aliphatic hydroxyl groups is 1. The second-order valence-electron chi connectivity index (χ2n) is 7.44. The van der Waals surface area contributed by atoms with E-state index >= 15 is 0 Å². The fourth-order valence-electron chi connectivity index (χ4n) is 5.86. The second-order valence-corrected chi connectivity index (χ2v) is 7.88. The summed E-state index contributed by atoms with van der Waals surface area (Å²) < 4.78 is 0. The Labute approximate surface area is 132 Å². The summed E-state index contributed by atoms with van der Waals surface area (Å²) in [6.07, 6.45) is 10.4. The Morgan fingerprint density at radius 3 is 1.81 bits per heavy atom. The lowest BCUT2D eigenvalue weighted by atomic mass is 9.71. The Balaban J connectivity index is 1.78. The molecule has 2 heteroatoms. The zero-order chi connectivity index (χ0) is 14.4. The average molecular weight is 305 g/mol. The highest BCUT2D eigenvalue weighted by atomic mass is 35.5. The highest BCUT2D eigenvalue weighted by Gasteiger charge is 2.60. The van der Waals surface area contributed by atoms with Crippen molar-refractivity contribution in [3.05, 3.63) is 34.9 Å². The Hall–Kier alpha value is -0.530. The predicted molar refractivity (Wildman–Crippen MR) is 86.2 cm³/mol. The first-order valence-electron chi connectivity index (χ1n) is 8.69. The first-order chi connectivity index (χ1) is 10.2. The van der Waals surface area contributed by atoms with Crippen LogP contribution in [0.1, 0.15) is 56.9 Å². The zero-order valence-electron chi connectivity index (χ0n) is 12.6. The molecular weight excluding hydrogens is 280 g/mol. The molecule has 0 saturated heterocycles. The SMILES string of the molecule is OC1(c2ccc(Cl)cc2)[C@@H]2CCCC[C@@H]2[C@H]2CCCC[C@@H]21. The van der Waals surface area contributed by atoms with Crippen molar-refractivity contribution in [1.29, 1.82) is 0 Å². The average Bonchev–Trinajstić information content (AvgIpc) is 2.80. The van der Waals surface area contributed by atoms with Crippen molar-refractivity contribution in [3.63, 3.8) is 0 Å². The number of hydrogen-bond acceptors (Lipinski definition) is 1. The zero-order valence-corrected chi connectivity index (χ0v) is 13.4. The van der Waals surface area contributed by atoms with Crippen molar-refractivity contribution < 1.29 is 5.11 Å². The smallest absolute Gasteiger partial charge is 0.0958 e. The van der Waals surface area contributed by atoms with E-state index in [1.165, 1.54) is 51.4 Å². The third-order valence-electron chi connectivity index (χ3n) is 6.63. The molecule has 0 heterocycles. The minimum atomic E-state index is -0.596. The monoisotopic (exact) mass is 304 g/mol. The standard InChI is InChI=1S/C19H25ClO/c20-14-11-9-13(10-12-14)19(21)17-7-3-1-5-15(17)16-6-2-4-8-18(16)19/h9-12,15-18,21H,1-8H2/t15-,16-,17-,18+,19?/m1/s1. The Bertz CT molecular complexity index is 487. The molecule has 3 saturated carbocycles. The van der Waals surface area contributed by atoms with E-state index in [-0.39, 0.29) is 0 Å². The topological polar surface area (TPSA) is 20.2 Å². The van der Waals surface area contributed by atoms with E-state index in [1.807, 2.05) is 12.1 Å². The molecule has 0 spiro atoms. The molecule has 5 atom stereocenters. The molecule has 3 aliphatic rings. The lowest BCUT2D eigenvalue weighted by molar-refractivity contribution is -0.0650. The molecule has 1 aromatic carbocycles. The van der Waals surface area contributed by atoms with Crippen LogP contribution in [0, 0.1) is 23.7 Å². The van der Waals surface area contributed by atoms with Gasteiger partial charge in [0.1, 0.15) is 0 Å². The van der Waals surface area contributed by atoms with Crippen molar-refractivity contribution in [2.24, 2.45) is 23.7 Å². The number of benzene rings is 1. The molecule has 1 N–H and O–H groups in total. The van der Waals surface area contributed by atoms with Gasteiger partial charge in [-0.15, -0.1) is 0 Å². The summed E-state index contributed by atoms with van der Waals surface area (Å²) in [6.45, 7) is 0. The first-order valence-corrected chi connectivity index (χ1v) is 9.07. The third kappa shape index (κ3) is 2.08. The summed E-state index contributed by atoms with van der Waals surface area (Å²) in [5, 5.41) is 12.6. The summed E-state index contributed by atoms with van der Waals surface area (Å²) in [4.78, 5) is 0. The van der Waals surface area contributed by atoms with E-state index in [0.717, 1.165) is 22.4 Å². The normalized spacial score (nSPS) is 42.4. The largest absolute Gasteiger partial charge is 0.385 e. The van der Waals surface area contributed by atoms with Gasteiger partial charge in [0.05, 0.1) is 5.60 Å².